The van der Waals surface area contributed by atoms with Crippen molar-refractivity contribution in [2.45, 2.75) is 13.0 Å². The number of anilines is 1. The molecule has 24 heavy (non-hydrogen) atoms. The molecule has 2 aromatic carbocycles. The molecule has 7 heteroatoms. The minimum Gasteiger partial charge on any atom is -0.454 e. The molecule has 0 unspecified atom stereocenters. The number of carbonyl (C=O) groups is 1. The Kier molecular flexibility index (Phi) is 4.61. The Morgan fingerprint density at radius 3 is 2.75 bits per heavy atom. The number of hydrogen-bond donors (Lipinski definition) is 2. The third kappa shape index (κ3) is 3.62. The van der Waals surface area contributed by atoms with Gasteiger partial charge in [0.05, 0.1) is 6.54 Å². The molecule has 0 radical (unpaired) electrons. The Labute approximate surface area is 137 Å². The average molecular weight is 334 g/mol. The first-order valence-electron chi connectivity index (χ1n) is 7.41. The molecule has 0 fully saturated rings. The molecular formula is C17H16F2N2O3. The number of carbonyl (C=O) groups excluding carboxylic acids is 1. The maximum absolute atomic E-state index is 13.7. The van der Waals surface area contributed by atoms with Gasteiger partial charge < -0.3 is 20.1 Å². The van der Waals surface area contributed by atoms with Gasteiger partial charge in [-0.05, 0) is 25.1 Å². The molecule has 1 atom stereocenters. The van der Waals surface area contributed by atoms with E-state index >= 15 is 0 Å². The monoisotopic (exact) mass is 334 g/mol. The highest BCUT2D eigenvalue weighted by Crippen LogP contribution is 2.34. The summed E-state index contributed by atoms with van der Waals surface area (Å²) in [6.45, 7) is 1.84. The van der Waals surface area contributed by atoms with Crippen molar-refractivity contribution >= 4 is 11.6 Å². The van der Waals surface area contributed by atoms with Crippen LogP contribution in [0.15, 0.2) is 36.4 Å². The number of fused-ring (bicyclic) bond motifs is 1. The van der Waals surface area contributed by atoms with Crippen molar-refractivity contribution in [3.8, 4) is 11.5 Å². The van der Waals surface area contributed by atoms with Gasteiger partial charge >= 0.3 is 0 Å². The molecule has 2 aromatic rings. The number of halogens is 2. The van der Waals surface area contributed by atoms with Crippen LogP contribution in [-0.4, -0.2) is 19.2 Å². The number of amides is 1. The predicted octanol–water partition coefficient (Wildman–Crippen LogP) is 2.98. The van der Waals surface area contributed by atoms with Crippen molar-refractivity contribution in [3.05, 3.63) is 53.6 Å². The van der Waals surface area contributed by atoms with Gasteiger partial charge in [-0.15, -0.1) is 0 Å². The zero-order chi connectivity index (χ0) is 17.1. The van der Waals surface area contributed by atoms with Crippen LogP contribution in [0.5, 0.6) is 11.5 Å². The summed E-state index contributed by atoms with van der Waals surface area (Å²) in [7, 11) is 0. The van der Waals surface area contributed by atoms with Gasteiger partial charge in [-0.1, -0.05) is 6.07 Å². The lowest BCUT2D eigenvalue weighted by Gasteiger charge is -2.15. The fraction of sp³-hybridized carbons (Fsp3) is 0.235. The van der Waals surface area contributed by atoms with E-state index in [1.165, 1.54) is 12.1 Å². The molecule has 126 valence electrons. The number of hydrogen-bond acceptors (Lipinski definition) is 4. The lowest BCUT2D eigenvalue weighted by molar-refractivity contribution is -0.115. The van der Waals surface area contributed by atoms with Gasteiger partial charge in [0.1, 0.15) is 11.6 Å². The molecule has 0 aliphatic carbocycles. The lowest BCUT2D eigenvalue weighted by atomic mass is 10.1. The summed E-state index contributed by atoms with van der Waals surface area (Å²) in [5, 5.41) is 5.61. The normalized spacial score (nSPS) is 13.6. The minimum absolute atomic E-state index is 0.0214. The highest BCUT2D eigenvalue weighted by molar-refractivity contribution is 5.92. The molecule has 0 saturated heterocycles. The second-order valence-corrected chi connectivity index (χ2v) is 5.38. The van der Waals surface area contributed by atoms with E-state index in [1.807, 2.05) is 0 Å². The number of nitrogens with one attached hydrogen (secondary N) is 2. The third-order valence-corrected chi connectivity index (χ3v) is 3.65. The molecule has 0 spiro atoms. The van der Waals surface area contributed by atoms with E-state index in [-0.39, 0.29) is 19.2 Å². The van der Waals surface area contributed by atoms with E-state index < -0.39 is 17.7 Å². The quantitative estimate of drug-likeness (QED) is 0.883. The van der Waals surface area contributed by atoms with Crippen LogP contribution in [0, 0.1) is 11.6 Å². The Hall–Kier alpha value is -2.67. The summed E-state index contributed by atoms with van der Waals surface area (Å²) in [6.07, 6.45) is 0. The van der Waals surface area contributed by atoms with Crippen LogP contribution in [0.2, 0.25) is 0 Å². The van der Waals surface area contributed by atoms with Crippen LogP contribution in [0.3, 0.4) is 0 Å². The van der Waals surface area contributed by atoms with Crippen LogP contribution in [0.25, 0.3) is 0 Å². The van der Waals surface area contributed by atoms with E-state index in [9.17, 15) is 13.6 Å². The molecule has 0 bridgehead atoms. The van der Waals surface area contributed by atoms with E-state index in [0.29, 0.717) is 22.7 Å². The molecular weight excluding hydrogens is 318 g/mol. The molecule has 1 aliphatic rings. The topological polar surface area (TPSA) is 59.6 Å². The maximum atomic E-state index is 13.7. The van der Waals surface area contributed by atoms with Crippen LogP contribution in [0.1, 0.15) is 18.5 Å². The lowest BCUT2D eigenvalue weighted by Crippen LogP contribution is -2.30. The Bertz CT molecular complexity index is 767. The largest absolute Gasteiger partial charge is 0.454 e. The first-order chi connectivity index (χ1) is 11.5. The van der Waals surface area contributed by atoms with Crippen molar-refractivity contribution in [2.24, 2.45) is 0 Å². The number of benzene rings is 2. The minimum atomic E-state index is -0.647. The average Bonchev–Trinajstić information content (AvgIpc) is 3.00. The molecule has 1 heterocycles. The molecule has 5 nitrogen and oxygen atoms in total. The smallest absolute Gasteiger partial charge is 0.238 e. The fourth-order valence-corrected chi connectivity index (χ4v) is 2.39. The summed E-state index contributed by atoms with van der Waals surface area (Å²) in [6, 6.07) is 8.01. The van der Waals surface area contributed by atoms with Crippen LogP contribution in [0.4, 0.5) is 14.5 Å². The van der Waals surface area contributed by atoms with Gasteiger partial charge in [-0.2, -0.15) is 0 Å². The molecule has 2 N–H and O–H groups in total. The van der Waals surface area contributed by atoms with Crippen LogP contribution < -0.4 is 20.1 Å². The molecule has 1 aliphatic heterocycles. The Morgan fingerprint density at radius 1 is 1.17 bits per heavy atom. The summed E-state index contributed by atoms with van der Waals surface area (Å²) < 4.78 is 37.0. The van der Waals surface area contributed by atoms with Crippen molar-refractivity contribution in [1.82, 2.24) is 5.32 Å². The highest BCUT2D eigenvalue weighted by atomic mass is 19.1. The Balaban J connectivity index is 1.55. The second-order valence-electron chi connectivity index (χ2n) is 5.38. The van der Waals surface area contributed by atoms with Gasteiger partial charge in [0.2, 0.25) is 12.7 Å². The maximum Gasteiger partial charge on any atom is 0.238 e. The zero-order valence-corrected chi connectivity index (χ0v) is 12.9. The van der Waals surface area contributed by atoms with Gasteiger partial charge in [-0.3, -0.25) is 4.79 Å². The number of ether oxygens (including phenoxy) is 2. The second kappa shape index (κ2) is 6.84. The van der Waals surface area contributed by atoms with Crippen molar-refractivity contribution in [1.29, 1.82) is 0 Å². The summed E-state index contributed by atoms with van der Waals surface area (Å²) in [5.41, 5.74) is 0.874. The SMILES string of the molecule is C[C@H](NCC(=O)Nc1ccc2c(c1)OCO2)c1ccc(F)cc1F. The van der Waals surface area contributed by atoms with E-state index in [1.54, 1.807) is 25.1 Å². The van der Waals surface area contributed by atoms with Crippen LogP contribution >= 0.6 is 0 Å². The molecule has 1 amide bonds. The number of rotatable bonds is 5. The Morgan fingerprint density at radius 2 is 1.96 bits per heavy atom. The first kappa shape index (κ1) is 16.2. The van der Waals surface area contributed by atoms with E-state index in [4.69, 9.17) is 9.47 Å². The van der Waals surface area contributed by atoms with Gasteiger partial charge in [0.15, 0.2) is 11.5 Å². The predicted molar refractivity (Wildman–Crippen MR) is 84.0 cm³/mol. The highest BCUT2D eigenvalue weighted by Gasteiger charge is 2.15. The van der Waals surface area contributed by atoms with Crippen LogP contribution in [-0.2, 0) is 4.79 Å². The standard InChI is InChI=1S/C17H16F2N2O3/c1-10(13-4-2-11(18)6-14(13)19)20-8-17(22)21-12-3-5-15-16(7-12)24-9-23-15/h2-7,10,20H,8-9H2,1H3,(H,21,22)/t10-/m0/s1. The summed E-state index contributed by atoms with van der Waals surface area (Å²) >= 11 is 0. The van der Waals surface area contributed by atoms with Crippen molar-refractivity contribution < 1.29 is 23.0 Å². The third-order valence-electron chi connectivity index (χ3n) is 3.65. The van der Waals surface area contributed by atoms with Gasteiger partial charge in [0, 0.05) is 29.4 Å². The molecule has 0 aromatic heterocycles. The van der Waals surface area contributed by atoms with Gasteiger partial charge in [-0.25, -0.2) is 8.78 Å². The summed E-state index contributed by atoms with van der Waals surface area (Å²) in [5.74, 6) is -0.368. The van der Waals surface area contributed by atoms with Gasteiger partial charge in [0.25, 0.3) is 0 Å². The fourth-order valence-electron chi connectivity index (χ4n) is 2.39. The summed E-state index contributed by atoms with van der Waals surface area (Å²) in [4.78, 5) is 12.0. The van der Waals surface area contributed by atoms with E-state index in [2.05, 4.69) is 10.6 Å². The zero-order valence-electron chi connectivity index (χ0n) is 12.9. The first-order valence-corrected chi connectivity index (χ1v) is 7.41. The van der Waals surface area contributed by atoms with Crippen molar-refractivity contribution in [3.63, 3.8) is 0 Å². The van der Waals surface area contributed by atoms with Crippen molar-refractivity contribution in [2.75, 3.05) is 18.7 Å². The molecule has 3 rings (SSSR count). The van der Waals surface area contributed by atoms with E-state index in [0.717, 1.165) is 6.07 Å². The molecule has 0 saturated carbocycles.